The Hall–Kier alpha value is -2.53. The highest BCUT2D eigenvalue weighted by Gasteiger charge is 2.40. The van der Waals surface area contributed by atoms with Crippen molar-refractivity contribution in [2.75, 3.05) is 26.7 Å². The third-order valence-electron chi connectivity index (χ3n) is 5.85. The molecule has 2 aromatic rings. The van der Waals surface area contributed by atoms with E-state index in [2.05, 4.69) is 17.4 Å². The molecule has 1 fully saturated rings. The van der Waals surface area contributed by atoms with E-state index < -0.39 is 0 Å². The molecule has 2 aliphatic heterocycles. The molecule has 1 spiro atoms. The largest absolute Gasteiger partial charge is 0.497 e. The maximum Gasteiger partial charge on any atom is 0.410 e. The molecule has 142 valence electrons. The van der Waals surface area contributed by atoms with Crippen LogP contribution in [0.4, 0.5) is 4.79 Å². The summed E-state index contributed by atoms with van der Waals surface area (Å²) in [4.78, 5) is 14.3. The van der Waals surface area contributed by atoms with E-state index in [1.54, 1.807) is 7.11 Å². The van der Waals surface area contributed by atoms with Crippen LogP contribution in [0.5, 0.6) is 5.75 Å². The van der Waals surface area contributed by atoms with E-state index >= 15 is 0 Å². The summed E-state index contributed by atoms with van der Waals surface area (Å²) >= 11 is 0. The first-order valence-electron chi connectivity index (χ1n) is 9.54. The first-order chi connectivity index (χ1) is 13.2. The first kappa shape index (κ1) is 17.9. The molecular formula is C22H26N2O3. The zero-order chi connectivity index (χ0) is 18.7. The fourth-order valence-electron chi connectivity index (χ4n) is 4.27. The van der Waals surface area contributed by atoms with Gasteiger partial charge in [0, 0.05) is 31.6 Å². The molecule has 4 rings (SSSR count). The van der Waals surface area contributed by atoms with Crippen molar-refractivity contribution in [1.82, 2.24) is 10.2 Å². The van der Waals surface area contributed by atoms with Crippen molar-refractivity contribution in [3.8, 4) is 5.75 Å². The fraction of sp³-hybridized carbons (Fsp3) is 0.409. The number of carbonyl (C=O) groups is 1. The third kappa shape index (κ3) is 3.65. The van der Waals surface area contributed by atoms with Crippen LogP contribution in [0.25, 0.3) is 0 Å². The van der Waals surface area contributed by atoms with Crippen LogP contribution in [-0.2, 0) is 23.3 Å². The number of likely N-dealkylation sites (tertiary alicyclic amines) is 1. The number of methoxy groups -OCH3 is 1. The molecule has 0 saturated carbocycles. The van der Waals surface area contributed by atoms with Gasteiger partial charge in [-0.25, -0.2) is 4.79 Å². The summed E-state index contributed by atoms with van der Waals surface area (Å²) in [6.45, 7) is 3.60. The topological polar surface area (TPSA) is 50.8 Å². The second kappa shape index (κ2) is 7.61. The lowest BCUT2D eigenvalue weighted by Crippen LogP contribution is -2.51. The Morgan fingerprint density at radius 3 is 2.67 bits per heavy atom. The predicted molar refractivity (Wildman–Crippen MR) is 104 cm³/mol. The van der Waals surface area contributed by atoms with E-state index in [0.717, 1.165) is 50.3 Å². The number of benzene rings is 2. The van der Waals surface area contributed by atoms with Gasteiger partial charge in [-0.15, -0.1) is 0 Å². The van der Waals surface area contributed by atoms with Crippen molar-refractivity contribution in [2.45, 2.75) is 31.4 Å². The van der Waals surface area contributed by atoms with Gasteiger partial charge in [0.25, 0.3) is 0 Å². The summed E-state index contributed by atoms with van der Waals surface area (Å²) in [5.41, 5.74) is 3.81. The monoisotopic (exact) mass is 366 g/mol. The van der Waals surface area contributed by atoms with Gasteiger partial charge in [0.05, 0.1) is 7.11 Å². The normalized spacial score (nSPS) is 18.0. The van der Waals surface area contributed by atoms with Gasteiger partial charge in [-0.2, -0.15) is 0 Å². The van der Waals surface area contributed by atoms with Gasteiger partial charge in [0.15, 0.2) is 0 Å². The van der Waals surface area contributed by atoms with Crippen LogP contribution in [0.15, 0.2) is 48.5 Å². The van der Waals surface area contributed by atoms with Crippen molar-refractivity contribution >= 4 is 6.09 Å². The third-order valence-corrected chi connectivity index (χ3v) is 5.85. The Morgan fingerprint density at radius 1 is 1.15 bits per heavy atom. The van der Waals surface area contributed by atoms with Gasteiger partial charge >= 0.3 is 6.09 Å². The number of piperidine rings is 1. The summed E-state index contributed by atoms with van der Waals surface area (Å²) in [7, 11) is 1.70. The first-order valence-corrected chi connectivity index (χ1v) is 9.54. The standard InChI is InChI=1S/C22H26N2O3/c1-26-19-7-8-20-18(13-19)14-23-16-22(20)9-11-24(12-10-22)21(25)27-15-17-5-3-2-4-6-17/h2-8,13,23H,9-12,14-16H2,1H3. The number of nitrogens with zero attached hydrogens (tertiary/aromatic N) is 1. The highest BCUT2D eigenvalue weighted by atomic mass is 16.6. The number of hydrogen-bond acceptors (Lipinski definition) is 4. The number of ether oxygens (including phenoxy) is 2. The van der Waals surface area contributed by atoms with Gasteiger partial charge in [-0.3, -0.25) is 0 Å². The zero-order valence-electron chi connectivity index (χ0n) is 15.7. The average molecular weight is 366 g/mol. The molecule has 1 amide bonds. The van der Waals surface area contributed by atoms with Crippen LogP contribution < -0.4 is 10.1 Å². The molecule has 5 nitrogen and oxygen atoms in total. The van der Waals surface area contributed by atoms with Crippen LogP contribution in [0.2, 0.25) is 0 Å². The predicted octanol–water partition coefficient (Wildman–Crippen LogP) is 3.47. The summed E-state index contributed by atoms with van der Waals surface area (Å²) in [5, 5.41) is 3.55. The Kier molecular flexibility index (Phi) is 5.03. The Bertz CT molecular complexity index is 798. The number of nitrogens with one attached hydrogen (secondary N) is 1. The highest BCUT2D eigenvalue weighted by Crippen LogP contribution is 2.40. The molecule has 0 atom stereocenters. The van der Waals surface area contributed by atoms with Gasteiger partial charge < -0.3 is 19.7 Å². The lowest BCUT2D eigenvalue weighted by atomic mass is 9.69. The quantitative estimate of drug-likeness (QED) is 0.904. The Balaban J connectivity index is 1.40. The number of carbonyl (C=O) groups excluding carboxylic acids is 1. The second-order valence-corrected chi connectivity index (χ2v) is 7.43. The van der Waals surface area contributed by atoms with E-state index in [4.69, 9.17) is 9.47 Å². The summed E-state index contributed by atoms with van der Waals surface area (Å²) < 4.78 is 10.9. The number of amides is 1. The molecule has 27 heavy (non-hydrogen) atoms. The van der Waals surface area contributed by atoms with Crippen LogP contribution in [0.3, 0.4) is 0 Å². The average Bonchev–Trinajstić information content (AvgIpc) is 2.73. The molecule has 5 heteroatoms. The summed E-state index contributed by atoms with van der Waals surface area (Å²) in [5.74, 6) is 0.898. The van der Waals surface area contributed by atoms with Gasteiger partial charge in [-0.1, -0.05) is 36.4 Å². The van der Waals surface area contributed by atoms with Crippen LogP contribution in [0.1, 0.15) is 29.5 Å². The Labute approximate surface area is 160 Å². The maximum atomic E-state index is 12.4. The molecule has 2 aromatic carbocycles. The van der Waals surface area contributed by atoms with Crippen molar-refractivity contribution in [3.63, 3.8) is 0 Å². The Morgan fingerprint density at radius 2 is 1.93 bits per heavy atom. The van der Waals surface area contributed by atoms with Gasteiger partial charge in [-0.05, 0) is 41.7 Å². The SMILES string of the molecule is COc1ccc2c(c1)CNCC21CCN(C(=O)OCc2ccccc2)CC1. The summed E-state index contributed by atoms with van der Waals surface area (Å²) in [6, 6.07) is 16.2. The smallest absolute Gasteiger partial charge is 0.410 e. The van der Waals surface area contributed by atoms with E-state index in [9.17, 15) is 4.79 Å². The van der Waals surface area contributed by atoms with Crippen LogP contribution >= 0.6 is 0 Å². The molecule has 0 radical (unpaired) electrons. The lowest BCUT2D eigenvalue weighted by Gasteiger charge is -2.45. The zero-order valence-corrected chi connectivity index (χ0v) is 15.7. The molecule has 2 aliphatic rings. The minimum atomic E-state index is -0.215. The summed E-state index contributed by atoms with van der Waals surface area (Å²) in [6.07, 6.45) is 1.67. The van der Waals surface area contributed by atoms with Crippen molar-refractivity contribution in [1.29, 1.82) is 0 Å². The molecule has 0 aromatic heterocycles. The fourth-order valence-corrected chi connectivity index (χ4v) is 4.27. The van der Waals surface area contributed by atoms with Crippen molar-refractivity contribution in [2.24, 2.45) is 0 Å². The molecule has 0 bridgehead atoms. The van der Waals surface area contributed by atoms with Gasteiger partial charge in [0.2, 0.25) is 0 Å². The molecule has 1 saturated heterocycles. The molecule has 0 aliphatic carbocycles. The van der Waals surface area contributed by atoms with Crippen molar-refractivity contribution < 1.29 is 14.3 Å². The lowest BCUT2D eigenvalue weighted by molar-refractivity contribution is 0.0759. The van der Waals surface area contributed by atoms with E-state index in [1.165, 1.54) is 11.1 Å². The van der Waals surface area contributed by atoms with E-state index in [1.807, 2.05) is 41.3 Å². The number of rotatable bonds is 3. The second-order valence-electron chi connectivity index (χ2n) is 7.43. The maximum absolute atomic E-state index is 12.4. The van der Waals surface area contributed by atoms with Crippen LogP contribution in [-0.4, -0.2) is 37.7 Å². The molecule has 1 N–H and O–H groups in total. The highest BCUT2D eigenvalue weighted by molar-refractivity contribution is 5.68. The molecular weight excluding hydrogens is 340 g/mol. The van der Waals surface area contributed by atoms with Crippen LogP contribution in [0, 0.1) is 0 Å². The van der Waals surface area contributed by atoms with E-state index in [0.29, 0.717) is 6.61 Å². The van der Waals surface area contributed by atoms with Crippen molar-refractivity contribution in [3.05, 3.63) is 65.2 Å². The number of hydrogen-bond donors (Lipinski definition) is 1. The minimum Gasteiger partial charge on any atom is -0.497 e. The molecule has 0 unspecified atom stereocenters. The molecule has 2 heterocycles. The minimum absolute atomic E-state index is 0.0933. The van der Waals surface area contributed by atoms with E-state index in [-0.39, 0.29) is 11.5 Å². The number of fused-ring (bicyclic) bond motifs is 2. The van der Waals surface area contributed by atoms with Gasteiger partial charge in [0.1, 0.15) is 12.4 Å².